The van der Waals surface area contributed by atoms with E-state index in [1.807, 2.05) is 19.1 Å². The van der Waals surface area contributed by atoms with E-state index >= 15 is 0 Å². The number of fused-ring (bicyclic) bond motifs is 2. The summed E-state index contributed by atoms with van der Waals surface area (Å²) in [7, 11) is 0. The Morgan fingerprint density at radius 3 is 2.50 bits per heavy atom. The molecule has 7 heteroatoms. The topological polar surface area (TPSA) is 84.9 Å². The normalized spacial score (nSPS) is 14.1. The zero-order chi connectivity index (χ0) is 20.8. The molecule has 0 atom stereocenters. The minimum atomic E-state index is -0.443. The van der Waals surface area contributed by atoms with Gasteiger partial charge in [0, 0.05) is 17.3 Å². The molecule has 5 rings (SSSR count). The SMILES string of the molecule is Cc1ccccc1N1C(=O)c2ccc(C(=O)Nc3ccc4c(c3)OCO4)cc2C1=O. The number of nitrogens with zero attached hydrogens (tertiary/aromatic N) is 1. The molecule has 0 bridgehead atoms. The average Bonchev–Trinajstić information content (AvgIpc) is 3.31. The Kier molecular flexibility index (Phi) is 4.03. The summed E-state index contributed by atoms with van der Waals surface area (Å²) in [4.78, 5) is 39.7. The lowest BCUT2D eigenvalue weighted by Gasteiger charge is -2.16. The van der Waals surface area contributed by atoms with Crippen molar-refractivity contribution in [3.63, 3.8) is 0 Å². The van der Waals surface area contributed by atoms with Crippen LogP contribution < -0.4 is 19.7 Å². The van der Waals surface area contributed by atoms with Crippen LogP contribution in [0.25, 0.3) is 0 Å². The molecule has 3 amide bonds. The molecule has 30 heavy (non-hydrogen) atoms. The molecular formula is C23H16N2O5. The number of carbonyl (C=O) groups excluding carboxylic acids is 3. The highest BCUT2D eigenvalue weighted by molar-refractivity contribution is 6.35. The van der Waals surface area contributed by atoms with Crippen molar-refractivity contribution in [3.8, 4) is 11.5 Å². The fourth-order valence-electron chi connectivity index (χ4n) is 3.59. The van der Waals surface area contributed by atoms with E-state index < -0.39 is 17.7 Å². The first-order valence-corrected chi connectivity index (χ1v) is 9.32. The van der Waals surface area contributed by atoms with Crippen LogP contribution in [0.1, 0.15) is 36.6 Å². The number of nitrogens with one attached hydrogen (secondary N) is 1. The molecule has 148 valence electrons. The number of carbonyl (C=O) groups is 3. The fraction of sp³-hybridized carbons (Fsp3) is 0.0870. The highest BCUT2D eigenvalue weighted by Crippen LogP contribution is 2.35. The third kappa shape index (κ3) is 2.79. The van der Waals surface area contributed by atoms with E-state index in [4.69, 9.17) is 9.47 Å². The van der Waals surface area contributed by atoms with Crippen molar-refractivity contribution in [3.05, 3.63) is 82.9 Å². The van der Waals surface area contributed by atoms with Gasteiger partial charge in [0.1, 0.15) is 0 Å². The molecule has 0 unspecified atom stereocenters. The first kappa shape index (κ1) is 17.9. The van der Waals surface area contributed by atoms with Crippen LogP contribution in [0.5, 0.6) is 11.5 Å². The highest BCUT2D eigenvalue weighted by Gasteiger charge is 2.37. The molecule has 2 aliphatic rings. The molecule has 0 aromatic heterocycles. The molecule has 1 N–H and O–H groups in total. The monoisotopic (exact) mass is 400 g/mol. The van der Waals surface area contributed by atoms with Crippen LogP contribution in [0.4, 0.5) is 11.4 Å². The molecule has 0 saturated carbocycles. The van der Waals surface area contributed by atoms with Crippen molar-refractivity contribution in [2.24, 2.45) is 0 Å². The summed E-state index contributed by atoms with van der Waals surface area (Å²) in [6, 6.07) is 16.8. The van der Waals surface area contributed by atoms with E-state index in [0.717, 1.165) is 10.5 Å². The van der Waals surface area contributed by atoms with Gasteiger partial charge in [-0.05, 0) is 48.9 Å². The van der Waals surface area contributed by atoms with Gasteiger partial charge in [-0.15, -0.1) is 0 Å². The van der Waals surface area contributed by atoms with Gasteiger partial charge in [0.15, 0.2) is 11.5 Å². The van der Waals surface area contributed by atoms with Crippen molar-refractivity contribution in [1.82, 2.24) is 0 Å². The Bertz CT molecular complexity index is 1230. The predicted molar refractivity (Wildman–Crippen MR) is 109 cm³/mol. The quantitative estimate of drug-likeness (QED) is 0.677. The van der Waals surface area contributed by atoms with Gasteiger partial charge < -0.3 is 14.8 Å². The van der Waals surface area contributed by atoms with Crippen LogP contribution in [0.3, 0.4) is 0 Å². The van der Waals surface area contributed by atoms with Crippen molar-refractivity contribution in [1.29, 1.82) is 0 Å². The number of para-hydroxylation sites is 1. The second-order valence-corrected chi connectivity index (χ2v) is 7.01. The van der Waals surface area contributed by atoms with Crippen LogP contribution in [0.15, 0.2) is 60.7 Å². The summed E-state index contributed by atoms with van der Waals surface area (Å²) in [5, 5.41) is 2.77. The predicted octanol–water partition coefficient (Wildman–Crippen LogP) is 3.78. The number of anilines is 2. The standard InChI is InChI=1S/C23H16N2O5/c1-13-4-2-3-5-18(13)25-22(27)16-8-6-14(10-17(16)23(25)28)21(26)24-15-7-9-19-20(11-15)30-12-29-19/h2-11H,12H2,1H3,(H,24,26). The van der Waals surface area contributed by atoms with Crippen molar-refractivity contribution in [2.45, 2.75) is 6.92 Å². The lowest BCUT2D eigenvalue weighted by atomic mass is 10.1. The summed E-state index contributed by atoms with van der Waals surface area (Å²) in [6.07, 6.45) is 0. The number of ether oxygens (including phenoxy) is 2. The molecule has 3 aromatic rings. The zero-order valence-electron chi connectivity index (χ0n) is 16.0. The Balaban J connectivity index is 1.43. The van der Waals surface area contributed by atoms with Gasteiger partial charge in [-0.3, -0.25) is 14.4 Å². The Hall–Kier alpha value is -4.13. The van der Waals surface area contributed by atoms with Gasteiger partial charge in [0.25, 0.3) is 17.7 Å². The molecule has 0 spiro atoms. The van der Waals surface area contributed by atoms with Crippen molar-refractivity contribution < 1.29 is 23.9 Å². The first-order chi connectivity index (χ1) is 14.5. The van der Waals surface area contributed by atoms with Gasteiger partial charge in [-0.1, -0.05) is 18.2 Å². The third-order valence-electron chi connectivity index (χ3n) is 5.14. The summed E-state index contributed by atoms with van der Waals surface area (Å²) in [5.74, 6) is -0.0670. The van der Waals surface area contributed by atoms with Crippen molar-refractivity contribution in [2.75, 3.05) is 17.0 Å². The minimum absolute atomic E-state index is 0.144. The lowest BCUT2D eigenvalue weighted by Crippen LogP contribution is -2.29. The molecule has 3 aromatic carbocycles. The smallest absolute Gasteiger partial charge is 0.266 e. The molecule has 0 aliphatic carbocycles. The van der Waals surface area contributed by atoms with Crippen molar-refractivity contribution >= 4 is 29.1 Å². The second-order valence-electron chi connectivity index (χ2n) is 7.01. The Morgan fingerprint density at radius 1 is 0.900 bits per heavy atom. The van der Waals surface area contributed by atoms with Gasteiger partial charge in [0.05, 0.1) is 16.8 Å². The highest BCUT2D eigenvalue weighted by atomic mass is 16.7. The van der Waals surface area contributed by atoms with E-state index in [1.54, 1.807) is 30.3 Å². The van der Waals surface area contributed by atoms with E-state index in [0.29, 0.717) is 22.9 Å². The third-order valence-corrected chi connectivity index (χ3v) is 5.14. The van der Waals surface area contributed by atoms with Crippen LogP contribution in [-0.2, 0) is 0 Å². The van der Waals surface area contributed by atoms with E-state index in [9.17, 15) is 14.4 Å². The number of benzene rings is 3. The van der Waals surface area contributed by atoms with E-state index in [-0.39, 0.29) is 23.5 Å². The molecule has 0 radical (unpaired) electrons. The Morgan fingerprint density at radius 2 is 1.67 bits per heavy atom. The van der Waals surface area contributed by atoms with Gasteiger partial charge in [0.2, 0.25) is 6.79 Å². The number of rotatable bonds is 3. The summed E-state index contributed by atoms with van der Waals surface area (Å²) >= 11 is 0. The number of aryl methyl sites for hydroxylation is 1. The number of hydrogen-bond acceptors (Lipinski definition) is 5. The maximum atomic E-state index is 13.0. The lowest BCUT2D eigenvalue weighted by molar-refractivity contribution is 0.0925. The molecule has 2 aliphatic heterocycles. The molecule has 2 heterocycles. The van der Waals surface area contributed by atoms with Crippen LogP contribution >= 0.6 is 0 Å². The van der Waals surface area contributed by atoms with E-state index in [2.05, 4.69) is 5.32 Å². The number of hydrogen-bond donors (Lipinski definition) is 1. The summed E-state index contributed by atoms with van der Waals surface area (Å²) in [5.41, 5.74) is 2.65. The second kappa shape index (κ2) is 6.73. The maximum Gasteiger partial charge on any atom is 0.266 e. The van der Waals surface area contributed by atoms with Gasteiger partial charge >= 0.3 is 0 Å². The maximum absolute atomic E-state index is 13.0. The van der Waals surface area contributed by atoms with Gasteiger partial charge in [-0.2, -0.15) is 0 Å². The average molecular weight is 400 g/mol. The number of amides is 3. The van der Waals surface area contributed by atoms with Gasteiger partial charge in [-0.25, -0.2) is 4.90 Å². The zero-order valence-corrected chi connectivity index (χ0v) is 16.0. The van der Waals surface area contributed by atoms with Crippen LogP contribution in [-0.4, -0.2) is 24.5 Å². The summed E-state index contributed by atoms with van der Waals surface area (Å²) in [6.45, 7) is 1.98. The van der Waals surface area contributed by atoms with Crippen LogP contribution in [0.2, 0.25) is 0 Å². The fourth-order valence-corrected chi connectivity index (χ4v) is 3.59. The molecule has 0 saturated heterocycles. The minimum Gasteiger partial charge on any atom is -0.454 e. The first-order valence-electron chi connectivity index (χ1n) is 9.32. The molecular weight excluding hydrogens is 384 g/mol. The number of imide groups is 1. The summed E-state index contributed by atoms with van der Waals surface area (Å²) < 4.78 is 10.6. The molecule has 7 nitrogen and oxygen atoms in total. The van der Waals surface area contributed by atoms with Crippen LogP contribution in [0, 0.1) is 6.92 Å². The van der Waals surface area contributed by atoms with E-state index in [1.165, 1.54) is 18.2 Å². The Labute approximate surface area is 171 Å². The largest absolute Gasteiger partial charge is 0.454 e. The molecule has 0 fully saturated rings.